The summed E-state index contributed by atoms with van der Waals surface area (Å²) < 4.78 is 15.0. The van der Waals surface area contributed by atoms with Crippen LogP contribution in [0.1, 0.15) is 23.1 Å². The van der Waals surface area contributed by atoms with Gasteiger partial charge in [0.05, 0.1) is 6.61 Å². The number of fused-ring (bicyclic) bond motifs is 2. The van der Waals surface area contributed by atoms with E-state index in [0.717, 1.165) is 25.0 Å². The number of hydrogen-bond donors (Lipinski definition) is 0. The summed E-state index contributed by atoms with van der Waals surface area (Å²) in [5.41, 5.74) is 3.96. The fraction of sp³-hybridized carbons (Fsp3) is 0.294. The summed E-state index contributed by atoms with van der Waals surface area (Å²) in [5.74, 6) is 0.520. The summed E-state index contributed by atoms with van der Waals surface area (Å²) in [6.07, 6.45) is 2.78. The molecule has 0 bridgehead atoms. The molecule has 0 N–H and O–H groups in total. The Kier molecular flexibility index (Phi) is 3.66. The number of benzene rings is 2. The highest BCUT2D eigenvalue weighted by molar-refractivity contribution is 14.1. The van der Waals surface area contributed by atoms with Crippen molar-refractivity contribution in [2.45, 2.75) is 31.7 Å². The zero-order chi connectivity index (χ0) is 14.4. The Morgan fingerprint density at radius 2 is 1.86 bits per heavy atom. The lowest BCUT2D eigenvalue weighted by atomic mass is 9.86. The lowest BCUT2D eigenvalue weighted by Gasteiger charge is -2.41. The number of aryl methyl sites for hydroxylation is 1. The van der Waals surface area contributed by atoms with E-state index in [-0.39, 0.29) is 0 Å². The molecule has 1 heterocycles. The summed E-state index contributed by atoms with van der Waals surface area (Å²) in [4.78, 5) is 0. The molecule has 0 amide bonds. The highest BCUT2D eigenvalue weighted by atomic mass is 127. The van der Waals surface area contributed by atoms with Gasteiger partial charge in [-0.2, -0.15) is 0 Å². The van der Waals surface area contributed by atoms with Crippen molar-refractivity contribution in [1.82, 2.24) is 0 Å². The van der Waals surface area contributed by atoms with Crippen LogP contribution in [0.4, 0.5) is 0 Å². The molecule has 2 aliphatic rings. The van der Waals surface area contributed by atoms with Gasteiger partial charge in [-0.15, -0.1) is 0 Å². The molecule has 0 aromatic heterocycles. The minimum absolute atomic E-state index is 0.477. The van der Waals surface area contributed by atoms with E-state index in [9.17, 15) is 0 Å². The predicted molar refractivity (Wildman–Crippen MR) is 98.5 cm³/mol. The molecule has 4 heteroatoms. The Labute approximate surface area is 151 Å². The van der Waals surface area contributed by atoms with Crippen LogP contribution in [0.5, 0.6) is 5.75 Å². The average Bonchev–Trinajstić information content (AvgIpc) is 2.46. The van der Waals surface area contributed by atoms with Gasteiger partial charge in [-0.3, -0.25) is 0 Å². The quantitative estimate of drug-likeness (QED) is 0.486. The SMILES string of the molecule is Ic1cc(I)c2c(c1)OC1(CCc3ccccc3C1)OC2. The topological polar surface area (TPSA) is 18.5 Å². The Bertz CT molecular complexity index is 714. The lowest BCUT2D eigenvalue weighted by Crippen LogP contribution is -2.46. The van der Waals surface area contributed by atoms with Gasteiger partial charge in [0.25, 0.3) is 0 Å². The maximum Gasteiger partial charge on any atom is 0.215 e. The summed E-state index contributed by atoms with van der Waals surface area (Å²) >= 11 is 4.71. The van der Waals surface area contributed by atoms with Gasteiger partial charge >= 0.3 is 0 Å². The minimum Gasteiger partial charge on any atom is -0.462 e. The fourth-order valence-corrected chi connectivity index (χ4v) is 5.08. The highest BCUT2D eigenvalue weighted by Crippen LogP contribution is 2.41. The fourth-order valence-electron chi connectivity index (χ4n) is 3.13. The number of hydrogen-bond acceptors (Lipinski definition) is 2. The zero-order valence-corrected chi connectivity index (χ0v) is 15.7. The molecule has 0 fully saturated rings. The van der Waals surface area contributed by atoms with Gasteiger partial charge in [-0.25, -0.2) is 0 Å². The maximum atomic E-state index is 6.35. The number of rotatable bonds is 0. The predicted octanol–water partition coefficient (Wildman–Crippen LogP) is 4.69. The summed E-state index contributed by atoms with van der Waals surface area (Å²) in [5, 5.41) is 0. The van der Waals surface area contributed by atoms with Gasteiger partial charge in [-0.05, 0) is 74.9 Å². The summed E-state index contributed by atoms with van der Waals surface area (Å²) in [7, 11) is 0. The summed E-state index contributed by atoms with van der Waals surface area (Å²) in [6, 6.07) is 12.9. The molecule has 2 aromatic carbocycles. The van der Waals surface area contributed by atoms with Crippen LogP contribution in [0.3, 0.4) is 0 Å². The third kappa shape index (κ3) is 2.59. The van der Waals surface area contributed by atoms with Crippen LogP contribution in [0.15, 0.2) is 36.4 Å². The van der Waals surface area contributed by atoms with E-state index < -0.39 is 5.79 Å². The first-order valence-electron chi connectivity index (χ1n) is 7.03. The van der Waals surface area contributed by atoms with E-state index in [1.54, 1.807) is 0 Å². The summed E-state index contributed by atoms with van der Waals surface area (Å²) in [6.45, 7) is 0.646. The standard InChI is InChI=1S/C17H14I2O2/c18-13-7-15(19)14-10-20-17(21-16(14)8-13)6-5-11-3-1-2-4-12(11)9-17/h1-4,7-8H,5-6,9-10H2. The average molecular weight is 504 g/mol. The Balaban J connectivity index is 1.70. The van der Waals surface area contributed by atoms with Gasteiger partial charge in [0, 0.05) is 25.5 Å². The van der Waals surface area contributed by atoms with Gasteiger partial charge < -0.3 is 9.47 Å². The second-order valence-electron chi connectivity index (χ2n) is 5.61. The largest absolute Gasteiger partial charge is 0.462 e. The lowest BCUT2D eigenvalue weighted by molar-refractivity contribution is -0.212. The van der Waals surface area contributed by atoms with Gasteiger partial charge in [0.1, 0.15) is 5.75 Å². The zero-order valence-electron chi connectivity index (χ0n) is 11.4. The number of halogens is 2. The van der Waals surface area contributed by atoms with Gasteiger partial charge in [-0.1, -0.05) is 24.3 Å². The third-order valence-corrected chi connectivity index (χ3v) is 5.83. The van der Waals surface area contributed by atoms with Crippen molar-refractivity contribution in [1.29, 1.82) is 0 Å². The van der Waals surface area contributed by atoms with E-state index in [0.29, 0.717) is 6.61 Å². The molecule has 2 nitrogen and oxygen atoms in total. The molecule has 1 aliphatic carbocycles. The smallest absolute Gasteiger partial charge is 0.215 e. The van der Waals surface area contributed by atoms with Crippen molar-refractivity contribution in [3.8, 4) is 5.75 Å². The molecule has 0 saturated heterocycles. The van der Waals surface area contributed by atoms with Crippen LogP contribution in [0.25, 0.3) is 0 Å². The molecule has 1 aliphatic heterocycles. The first-order valence-corrected chi connectivity index (χ1v) is 9.19. The van der Waals surface area contributed by atoms with E-state index in [4.69, 9.17) is 9.47 Å². The molecule has 108 valence electrons. The van der Waals surface area contributed by atoms with Crippen molar-refractivity contribution in [3.05, 3.63) is 60.2 Å². The van der Waals surface area contributed by atoms with E-state index in [2.05, 4.69) is 81.6 Å². The molecule has 1 spiro atoms. The molecule has 0 radical (unpaired) electrons. The van der Waals surface area contributed by atoms with Crippen molar-refractivity contribution < 1.29 is 9.47 Å². The van der Waals surface area contributed by atoms with E-state index in [1.807, 2.05) is 0 Å². The van der Waals surface area contributed by atoms with Crippen LogP contribution in [-0.2, 0) is 24.2 Å². The molecule has 0 saturated carbocycles. The normalized spacial score (nSPS) is 23.3. The second kappa shape index (κ2) is 5.38. The van der Waals surface area contributed by atoms with Crippen LogP contribution in [0.2, 0.25) is 0 Å². The second-order valence-corrected chi connectivity index (χ2v) is 8.02. The molecule has 1 atom stereocenters. The Morgan fingerprint density at radius 1 is 1.05 bits per heavy atom. The van der Waals surface area contributed by atoms with Gasteiger partial charge in [0.15, 0.2) is 0 Å². The third-order valence-electron chi connectivity index (χ3n) is 4.25. The Morgan fingerprint density at radius 3 is 2.71 bits per heavy atom. The van der Waals surface area contributed by atoms with Gasteiger partial charge in [0.2, 0.25) is 5.79 Å². The molecule has 4 rings (SSSR count). The molecule has 2 aromatic rings. The molecular formula is C17H14I2O2. The van der Waals surface area contributed by atoms with Crippen LogP contribution >= 0.6 is 45.2 Å². The van der Waals surface area contributed by atoms with Crippen LogP contribution in [-0.4, -0.2) is 5.79 Å². The monoisotopic (exact) mass is 504 g/mol. The van der Waals surface area contributed by atoms with Crippen molar-refractivity contribution in [2.24, 2.45) is 0 Å². The first-order chi connectivity index (χ1) is 10.2. The Hall–Kier alpha value is -0.340. The van der Waals surface area contributed by atoms with Crippen molar-refractivity contribution >= 4 is 45.2 Å². The highest BCUT2D eigenvalue weighted by Gasteiger charge is 2.41. The molecule has 21 heavy (non-hydrogen) atoms. The van der Waals surface area contributed by atoms with Crippen LogP contribution < -0.4 is 4.74 Å². The van der Waals surface area contributed by atoms with Crippen molar-refractivity contribution in [3.63, 3.8) is 0 Å². The first kappa shape index (κ1) is 14.3. The number of ether oxygens (including phenoxy) is 2. The maximum absolute atomic E-state index is 6.35. The molecule has 1 unspecified atom stereocenters. The van der Waals surface area contributed by atoms with E-state index in [1.165, 1.54) is 23.8 Å². The van der Waals surface area contributed by atoms with Crippen molar-refractivity contribution in [2.75, 3.05) is 0 Å². The molecular weight excluding hydrogens is 490 g/mol. The van der Waals surface area contributed by atoms with E-state index >= 15 is 0 Å². The minimum atomic E-state index is -0.477. The van der Waals surface area contributed by atoms with Crippen LogP contribution in [0, 0.1) is 7.14 Å².